The van der Waals surface area contributed by atoms with Gasteiger partial charge in [-0.3, -0.25) is 0 Å². The SMILES string of the molecule is O=C(O)c1ccc(F)c(Br)c1Br. The van der Waals surface area contributed by atoms with Crippen LogP contribution in [-0.4, -0.2) is 11.1 Å². The van der Waals surface area contributed by atoms with E-state index in [1.807, 2.05) is 0 Å². The van der Waals surface area contributed by atoms with Gasteiger partial charge in [-0.15, -0.1) is 0 Å². The largest absolute Gasteiger partial charge is 0.478 e. The summed E-state index contributed by atoms with van der Waals surface area (Å²) in [6.45, 7) is 0. The first-order valence-electron chi connectivity index (χ1n) is 2.91. The highest BCUT2D eigenvalue weighted by Crippen LogP contribution is 2.29. The first-order chi connectivity index (χ1) is 5.54. The average Bonchev–Trinajstić information content (AvgIpc) is 2.00. The molecule has 0 saturated heterocycles. The Morgan fingerprint density at radius 1 is 1.33 bits per heavy atom. The standard InChI is InChI=1S/C7H3Br2FO2/c8-5-3(7(11)12)1-2-4(10)6(5)9/h1-2H,(H,11,12). The normalized spacial score (nSPS) is 9.92. The zero-order chi connectivity index (χ0) is 9.30. The molecule has 0 bridgehead atoms. The number of aromatic carboxylic acids is 1. The Bertz CT molecular complexity index is 338. The fourth-order valence-corrected chi connectivity index (χ4v) is 1.53. The van der Waals surface area contributed by atoms with Crippen LogP contribution in [0.25, 0.3) is 0 Å². The van der Waals surface area contributed by atoms with E-state index in [1.54, 1.807) is 0 Å². The molecule has 1 N–H and O–H groups in total. The molecule has 0 unspecified atom stereocenters. The van der Waals surface area contributed by atoms with Crippen molar-refractivity contribution in [2.75, 3.05) is 0 Å². The molecule has 0 amide bonds. The highest BCUT2D eigenvalue weighted by atomic mass is 79.9. The van der Waals surface area contributed by atoms with Gasteiger partial charge in [0.25, 0.3) is 0 Å². The molecular formula is C7H3Br2FO2. The fraction of sp³-hybridized carbons (Fsp3) is 0. The van der Waals surface area contributed by atoms with Crippen LogP contribution in [0.4, 0.5) is 4.39 Å². The Labute approximate surface area is 84.7 Å². The van der Waals surface area contributed by atoms with Crippen molar-refractivity contribution in [1.29, 1.82) is 0 Å². The molecule has 1 rings (SSSR count). The third kappa shape index (κ3) is 1.67. The number of carboxylic acid groups (broad SMARTS) is 1. The van der Waals surface area contributed by atoms with Crippen molar-refractivity contribution in [3.05, 3.63) is 32.5 Å². The first kappa shape index (κ1) is 9.67. The summed E-state index contributed by atoms with van der Waals surface area (Å²) in [7, 11) is 0. The van der Waals surface area contributed by atoms with Gasteiger partial charge in [0, 0.05) is 4.47 Å². The molecule has 0 fully saturated rings. The van der Waals surface area contributed by atoms with Crippen molar-refractivity contribution in [3.63, 3.8) is 0 Å². The lowest BCUT2D eigenvalue weighted by atomic mass is 10.2. The Morgan fingerprint density at radius 2 is 1.92 bits per heavy atom. The molecule has 0 saturated carbocycles. The van der Waals surface area contributed by atoms with Gasteiger partial charge in [0.15, 0.2) is 0 Å². The lowest BCUT2D eigenvalue weighted by molar-refractivity contribution is 0.0695. The third-order valence-electron chi connectivity index (χ3n) is 1.27. The van der Waals surface area contributed by atoms with E-state index >= 15 is 0 Å². The van der Waals surface area contributed by atoms with E-state index in [1.165, 1.54) is 6.07 Å². The van der Waals surface area contributed by atoms with Gasteiger partial charge in [0.2, 0.25) is 0 Å². The van der Waals surface area contributed by atoms with Crippen LogP contribution in [0.2, 0.25) is 0 Å². The predicted octanol–water partition coefficient (Wildman–Crippen LogP) is 3.05. The summed E-state index contributed by atoms with van der Waals surface area (Å²) in [5.74, 6) is -1.59. The second-order valence-corrected chi connectivity index (χ2v) is 3.61. The molecule has 12 heavy (non-hydrogen) atoms. The molecule has 0 radical (unpaired) electrons. The molecule has 1 aromatic rings. The van der Waals surface area contributed by atoms with Gasteiger partial charge >= 0.3 is 5.97 Å². The van der Waals surface area contributed by atoms with E-state index in [2.05, 4.69) is 31.9 Å². The molecule has 0 spiro atoms. The lowest BCUT2D eigenvalue weighted by Gasteiger charge is -2.01. The summed E-state index contributed by atoms with van der Waals surface area (Å²) in [4.78, 5) is 10.5. The molecule has 1 aromatic carbocycles. The minimum Gasteiger partial charge on any atom is -0.478 e. The van der Waals surface area contributed by atoms with Gasteiger partial charge in [0.1, 0.15) is 5.82 Å². The number of carboxylic acids is 1. The Kier molecular flexibility index (Phi) is 2.85. The molecule has 0 aromatic heterocycles. The van der Waals surface area contributed by atoms with Crippen LogP contribution in [0, 0.1) is 5.82 Å². The zero-order valence-electron chi connectivity index (χ0n) is 5.64. The second-order valence-electron chi connectivity index (χ2n) is 2.03. The van der Waals surface area contributed by atoms with Gasteiger partial charge < -0.3 is 5.11 Å². The molecule has 64 valence electrons. The van der Waals surface area contributed by atoms with Crippen LogP contribution in [0.3, 0.4) is 0 Å². The molecule has 0 heterocycles. The quantitative estimate of drug-likeness (QED) is 0.809. The first-order valence-corrected chi connectivity index (χ1v) is 4.49. The molecule has 5 heteroatoms. The van der Waals surface area contributed by atoms with E-state index in [9.17, 15) is 9.18 Å². The Balaban J connectivity index is 3.36. The average molecular weight is 298 g/mol. The van der Waals surface area contributed by atoms with Crippen LogP contribution in [0.15, 0.2) is 21.1 Å². The number of hydrogen-bond acceptors (Lipinski definition) is 1. The summed E-state index contributed by atoms with van der Waals surface area (Å²) in [6.07, 6.45) is 0. The third-order valence-corrected chi connectivity index (χ3v) is 3.40. The van der Waals surface area contributed by atoms with Gasteiger partial charge in [-0.2, -0.15) is 0 Å². The minimum atomic E-state index is -1.09. The van der Waals surface area contributed by atoms with Crippen molar-refractivity contribution in [2.45, 2.75) is 0 Å². The van der Waals surface area contributed by atoms with Crippen molar-refractivity contribution in [3.8, 4) is 0 Å². The monoisotopic (exact) mass is 296 g/mol. The summed E-state index contributed by atoms with van der Waals surface area (Å²) in [5.41, 5.74) is 0.0308. The molecular weight excluding hydrogens is 295 g/mol. The van der Waals surface area contributed by atoms with Gasteiger partial charge in [-0.1, -0.05) is 0 Å². The number of rotatable bonds is 1. The number of hydrogen-bond donors (Lipinski definition) is 1. The van der Waals surface area contributed by atoms with E-state index < -0.39 is 11.8 Å². The van der Waals surface area contributed by atoms with Gasteiger partial charge in [0.05, 0.1) is 10.0 Å². The number of halogens is 3. The zero-order valence-corrected chi connectivity index (χ0v) is 8.82. The van der Waals surface area contributed by atoms with Crippen LogP contribution < -0.4 is 0 Å². The maximum atomic E-state index is 12.8. The summed E-state index contributed by atoms with van der Waals surface area (Å²) in [6, 6.07) is 2.30. The molecule has 2 nitrogen and oxygen atoms in total. The van der Waals surface area contributed by atoms with Crippen molar-refractivity contribution in [2.24, 2.45) is 0 Å². The topological polar surface area (TPSA) is 37.3 Å². The van der Waals surface area contributed by atoms with Crippen LogP contribution in [-0.2, 0) is 0 Å². The van der Waals surface area contributed by atoms with Gasteiger partial charge in [-0.25, -0.2) is 9.18 Å². The van der Waals surface area contributed by atoms with Gasteiger partial charge in [-0.05, 0) is 44.0 Å². The van der Waals surface area contributed by atoms with Crippen molar-refractivity contribution >= 4 is 37.8 Å². The minimum absolute atomic E-state index is 0.0308. The Hall–Kier alpha value is -0.420. The van der Waals surface area contributed by atoms with Crippen molar-refractivity contribution < 1.29 is 14.3 Å². The van der Waals surface area contributed by atoms with E-state index in [0.717, 1.165) is 6.07 Å². The van der Waals surface area contributed by atoms with E-state index in [0.29, 0.717) is 0 Å². The maximum Gasteiger partial charge on any atom is 0.336 e. The molecule has 0 atom stereocenters. The summed E-state index contributed by atoms with van der Waals surface area (Å²) < 4.78 is 13.1. The highest BCUT2D eigenvalue weighted by molar-refractivity contribution is 9.13. The lowest BCUT2D eigenvalue weighted by Crippen LogP contribution is -1.98. The Morgan fingerprint density at radius 3 is 2.42 bits per heavy atom. The fourth-order valence-electron chi connectivity index (χ4n) is 0.691. The summed E-state index contributed by atoms with van der Waals surface area (Å²) in [5, 5.41) is 8.61. The van der Waals surface area contributed by atoms with Crippen LogP contribution in [0.5, 0.6) is 0 Å². The number of carbonyl (C=O) groups is 1. The molecule has 0 aliphatic heterocycles. The van der Waals surface area contributed by atoms with Crippen LogP contribution in [0.1, 0.15) is 10.4 Å². The second kappa shape index (κ2) is 3.53. The predicted molar refractivity (Wildman–Crippen MR) is 48.8 cm³/mol. The number of benzene rings is 1. The molecule has 0 aliphatic rings. The summed E-state index contributed by atoms with van der Waals surface area (Å²) >= 11 is 5.88. The highest BCUT2D eigenvalue weighted by Gasteiger charge is 2.13. The van der Waals surface area contributed by atoms with Crippen molar-refractivity contribution in [1.82, 2.24) is 0 Å². The van der Waals surface area contributed by atoms with E-state index in [4.69, 9.17) is 5.11 Å². The van der Waals surface area contributed by atoms with Crippen LogP contribution >= 0.6 is 31.9 Å². The molecule has 0 aliphatic carbocycles. The van der Waals surface area contributed by atoms with E-state index in [-0.39, 0.29) is 14.5 Å². The smallest absolute Gasteiger partial charge is 0.336 e. The maximum absolute atomic E-state index is 12.8.